The van der Waals surface area contributed by atoms with Crippen LogP contribution in [0.5, 0.6) is 5.75 Å². The van der Waals surface area contributed by atoms with Gasteiger partial charge in [0.25, 0.3) is 5.91 Å². The summed E-state index contributed by atoms with van der Waals surface area (Å²) in [5.41, 5.74) is 0.690. The molecule has 0 bridgehead atoms. The van der Waals surface area contributed by atoms with Crippen LogP contribution in [0.25, 0.3) is 0 Å². The van der Waals surface area contributed by atoms with Crippen LogP contribution in [0.3, 0.4) is 0 Å². The zero-order valence-corrected chi connectivity index (χ0v) is 13.3. The quantitative estimate of drug-likeness (QED) is 0.855. The molecule has 122 valence electrons. The van der Waals surface area contributed by atoms with E-state index in [-0.39, 0.29) is 16.9 Å². The van der Waals surface area contributed by atoms with E-state index < -0.39 is 11.9 Å². The summed E-state index contributed by atoms with van der Waals surface area (Å²) in [6, 6.07) is 10.2. The second-order valence-corrected chi connectivity index (χ2v) is 5.77. The Bertz CT molecular complexity index is 717. The van der Waals surface area contributed by atoms with Gasteiger partial charge in [-0.2, -0.15) is 0 Å². The second-order valence-electron chi connectivity index (χ2n) is 5.77. The minimum Gasteiger partial charge on any atom is -0.497 e. The first-order chi connectivity index (χ1) is 10.8. The molecule has 1 aromatic heterocycles. The standard InChI is InChI=1S/C17H19NO5/c1-17(2,11-5-4-6-12(9-11)22-3)10-18-15(19)13-7-8-14(23-13)16(20)21/h4-9H,10H2,1-3H3,(H,18,19)(H,20,21). The van der Waals surface area contributed by atoms with Crippen LogP contribution in [-0.4, -0.2) is 30.6 Å². The summed E-state index contributed by atoms with van der Waals surface area (Å²) in [5.74, 6) is -1.20. The van der Waals surface area contributed by atoms with Gasteiger partial charge in [-0.15, -0.1) is 0 Å². The van der Waals surface area contributed by atoms with E-state index in [0.717, 1.165) is 11.3 Å². The molecule has 0 saturated carbocycles. The van der Waals surface area contributed by atoms with Gasteiger partial charge in [-0.3, -0.25) is 4.79 Å². The van der Waals surface area contributed by atoms with Crippen molar-refractivity contribution in [2.75, 3.05) is 13.7 Å². The van der Waals surface area contributed by atoms with Gasteiger partial charge in [-0.05, 0) is 29.8 Å². The van der Waals surface area contributed by atoms with Crippen LogP contribution < -0.4 is 10.1 Å². The van der Waals surface area contributed by atoms with Crippen molar-refractivity contribution in [3.63, 3.8) is 0 Å². The Hall–Kier alpha value is -2.76. The summed E-state index contributed by atoms with van der Waals surface area (Å²) in [6.45, 7) is 4.35. The molecule has 0 fully saturated rings. The van der Waals surface area contributed by atoms with Gasteiger partial charge in [0, 0.05) is 12.0 Å². The first-order valence-corrected chi connectivity index (χ1v) is 7.09. The largest absolute Gasteiger partial charge is 0.497 e. The molecule has 0 atom stereocenters. The molecule has 0 saturated heterocycles. The molecule has 0 unspecified atom stereocenters. The van der Waals surface area contributed by atoms with Crippen molar-refractivity contribution in [2.45, 2.75) is 19.3 Å². The highest BCUT2D eigenvalue weighted by Crippen LogP contribution is 2.25. The minimum absolute atomic E-state index is 0.0242. The van der Waals surface area contributed by atoms with Crippen LogP contribution in [0.15, 0.2) is 40.8 Å². The van der Waals surface area contributed by atoms with Gasteiger partial charge in [0.1, 0.15) is 5.75 Å². The highest BCUT2D eigenvalue weighted by Gasteiger charge is 2.23. The molecule has 23 heavy (non-hydrogen) atoms. The number of ether oxygens (including phenoxy) is 1. The van der Waals surface area contributed by atoms with Gasteiger partial charge in [-0.25, -0.2) is 4.79 Å². The summed E-state index contributed by atoms with van der Waals surface area (Å²) in [4.78, 5) is 22.8. The Balaban J connectivity index is 2.05. The Morgan fingerprint density at radius 1 is 1.22 bits per heavy atom. The monoisotopic (exact) mass is 317 g/mol. The van der Waals surface area contributed by atoms with Crippen LogP contribution in [-0.2, 0) is 5.41 Å². The second kappa shape index (κ2) is 6.56. The lowest BCUT2D eigenvalue weighted by Crippen LogP contribution is -2.36. The van der Waals surface area contributed by atoms with Gasteiger partial charge >= 0.3 is 5.97 Å². The first-order valence-electron chi connectivity index (χ1n) is 7.09. The topological polar surface area (TPSA) is 88.8 Å². The van der Waals surface area contributed by atoms with Crippen molar-refractivity contribution >= 4 is 11.9 Å². The van der Waals surface area contributed by atoms with Gasteiger partial charge in [0.15, 0.2) is 5.76 Å². The molecule has 6 heteroatoms. The number of methoxy groups -OCH3 is 1. The summed E-state index contributed by atoms with van der Waals surface area (Å²) in [6.07, 6.45) is 0. The third kappa shape index (κ3) is 3.91. The molecule has 0 spiro atoms. The molecule has 1 aromatic carbocycles. The lowest BCUT2D eigenvalue weighted by Gasteiger charge is -2.25. The molecule has 2 rings (SSSR count). The van der Waals surface area contributed by atoms with Gasteiger partial charge < -0.3 is 19.6 Å². The normalized spacial score (nSPS) is 11.1. The van der Waals surface area contributed by atoms with Crippen molar-refractivity contribution in [3.05, 3.63) is 53.5 Å². The molecule has 6 nitrogen and oxygen atoms in total. The van der Waals surface area contributed by atoms with E-state index in [0.29, 0.717) is 6.54 Å². The van der Waals surface area contributed by atoms with Crippen molar-refractivity contribution in [1.82, 2.24) is 5.32 Å². The first kappa shape index (κ1) is 16.6. The maximum Gasteiger partial charge on any atom is 0.371 e. The van der Waals surface area contributed by atoms with E-state index in [1.807, 2.05) is 38.1 Å². The van der Waals surface area contributed by atoms with Crippen LogP contribution in [0.4, 0.5) is 0 Å². The molecular formula is C17H19NO5. The summed E-state index contributed by atoms with van der Waals surface area (Å²) < 4.78 is 10.2. The van der Waals surface area contributed by atoms with E-state index in [9.17, 15) is 9.59 Å². The number of benzene rings is 1. The number of amides is 1. The minimum atomic E-state index is -1.21. The molecule has 2 N–H and O–H groups in total. The van der Waals surface area contributed by atoms with E-state index in [1.165, 1.54) is 12.1 Å². The van der Waals surface area contributed by atoms with Gasteiger partial charge in [0.05, 0.1) is 7.11 Å². The van der Waals surface area contributed by atoms with Crippen molar-refractivity contribution in [1.29, 1.82) is 0 Å². The molecule has 1 heterocycles. The Kier molecular flexibility index (Phi) is 4.74. The molecule has 2 aromatic rings. The number of carboxylic acid groups (broad SMARTS) is 1. The third-order valence-electron chi connectivity index (χ3n) is 3.58. The number of rotatable bonds is 6. The highest BCUT2D eigenvalue weighted by atomic mass is 16.5. The smallest absolute Gasteiger partial charge is 0.371 e. The zero-order valence-electron chi connectivity index (χ0n) is 13.3. The van der Waals surface area contributed by atoms with E-state index >= 15 is 0 Å². The number of furan rings is 1. The number of carbonyl (C=O) groups is 2. The Morgan fingerprint density at radius 3 is 2.52 bits per heavy atom. The van der Waals surface area contributed by atoms with Crippen LogP contribution in [0.1, 0.15) is 40.5 Å². The van der Waals surface area contributed by atoms with E-state index in [1.54, 1.807) is 7.11 Å². The maximum absolute atomic E-state index is 12.1. The number of carbonyl (C=O) groups excluding carboxylic acids is 1. The number of carboxylic acids is 1. The summed E-state index contributed by atoms with van der Waals surface area (Å²) in [5, 5.41) is 11.6. The van der Waals surface area contributed by atoms with Gasteiger partial charge in [0.2, 0.25) is 5.76 Å². The lowest BCUT2D eigenvalue weighted by molar-refractivity contribution is 0.0659. The number of hydrogen-bond acceptors (Lipinski definition) is 4. The predicted octanol–water partition coefficient (Wildman–Crippen LogP) is 2.69. The fraction of sp³-hybridized carbons (Fsp3) is 0.294. The van der Waals surface area contributed by atoms with Crippen LogP contribution in [0.2, 0.25) is 0 Å². The molecule has 1 amide bonds. The molecule has 0 aliphatic rings. The number of nitrogens with one attached hydrogen (secondary N) is 1. The van der Waals surface area contributed by atoms with Crippen molar-refractivity contribution < 1.29 is 23.8 Å². The average molecular weight is 317 g/mol. The fourth-order valence-corrected chi connectivity index (χ4v) is 2.11. The Labute approximate surface area is 134 Å². The SMILES string of the molecule is COc1cccc(C(C)(C)CNC(=O)c2ccc(C(=O)O)o2)c1. The maximum atomic E-state index is 12.1. The third-order valence-corrected chi connectivity index (χ3v) is 3.58. The number of hydrogen-bond donors (Lipinski definition) is 2. The van der Waals surface area contributed by atoms with Crippen molar-refractivity contribution in [2.24, 2.45) is 0 Å². The van der Waals surface area contributed by atoms with Crippen LogP contribution in [0, 0.1) is 0 Å². The average Bonchev–Trinajstić information content (AvgIpc) is 3.03. The van der Waals surface area contributed by atoms with E-state index in [2.05, 4.69) is 5.32 Å². The Morgan fingerprint density at radius 2 is 1.91 bits per heavy atom. The van der Waals surface area contributed by atoms with Gasteiger partial charge in [-0.1, -0.05) is 26.0 Å². The molecule has 0 aliphatic heterocycles. The predicted molar refractivity (Wildman–Crippen MR) is 84.0 cm³/mol. The van der Waals surface area contributed by atoms with E-state index in [4.69, 9.17) is 14.3 Å². The lowest BCUT2D eigenvalue weighted by atomic mass is 9.84. The molecule has 0 radical (unpaired) electrons. The molecule has 0 aliphatic carbocycles. The van der Waals surface area contributed by atoms with Crippen LogP contribution >= 0.6 is 0 Å². The highest BCUT2D eigenvalue weighted by molar-refractivity contribution is 5.93. The number of aromatic carboxylic acids is 1. The summed E-state index contributed by atoms with van der Waals surface area (Å²) in [7, 11) is 1.60. The fourth-order valence-electron chi connectivity index (χ4n) is 2.11. The molecular weight excluding hydrogens is 298 g/mol. The zero-order chi connectivity index (χ0) is 17.0. The summed E-state index contributed by atoms with van der Waals surface area (Å²) >= 11 is 0. The van der Waals surface area contributed by atoms with Crippen molar-refractivity contribution in [3.8, 4) is 5.75 Å².